The summed E-state index contributed by atoms with van der Waals surface area (Å²) in [5.41, 5.74) is 0. The molecule has 1 aliphatic rings. The topological polar surface area (TPSA) is 12.5 Å². The third kappa shape index (κ3) is 4.51. The van der Waals surface area contributed by atoms with E-state index in [9.17, 15) is 0 Å². The fourth-order valence-corrected chi connectivity index (χ4v) is 5.51. The van der Waals surface area contributed by atoms with Crippen molar-refractivity contribution < 1.29 is 4.74 Å². The molecule has 0 aliphatic carbocycles. The monoisotopic (exact) mass is 259 g/mol. The van der Waals surface area contributed by atoms with Crippen LogP contribution in [0.2, 0.25) is 19.1 Å². The van der Waals surface area contributed by atoms with E-state index in [0.29, 0.717) is 6.61 Å². The van der Waals surface area contributed by atoms with Gasteiger partial charge >= 0.3 is 0 Å². The Labute approximate surface area is 106 Å². The van der Waals surface area contributed by atoms with Gasteiger partial charge in [-0.2, -0.15) is 0 Å². The SMILES string of the molecule is CCOC(=S)CCCCN1CCC[Si]1(C)C. The molecular formula is C12H25NOSSi. The van der Waals surface area contributed by atoms with Crippen molar-refractivity contribution >= 4 is 25.5 Å². The van der Waals surface area contributed by atoms with Gasteiger partial charge < -0.3 is 9.30 Å². The summed E-state index contributed by atoms with van der Waals surface area (Å²) in [6.07, 6.45) is 4.82. The van der Waals surface area contributed by atoms with Gasteiger partial charge in [-0.25, -0.2) is 0 Å². The Morgan fingerprint density at radius 2 is 2.12 bits per heavy atom. The molecule has 1 saturated heterocycles. The van der Waals surface area contributed by atoms with Gasteiger partial charge in [0.1, 0.15) is 8.24 Å². The minimum absolute atomic E-state index is 0.713. The van der Waals surface area contributed by atoms with Crippen LogP contribution in [0.3, 0.4) is 0 Å². The van der Waals surface area contributed by atoms with E-state index in [0.717, 1.165) is 11.5 Å². The van der Waals surface area contributed by atoms with E-state index < -0.39 is 8.24 Å². The van der Waals surface area contributed by atoms with Crippen LogP contribution in [0.5, 0.6) is 0 Å². The summed E-state index contributed by atoms with van der Waals surface area (Å²) < 4.78 is 8.03. The van der Waals surface area contributed by atoms with Crippen molar-refractivity contribution in [3.8, 4) is 0 Å². The first-order chi connectivity index (χ1) is 7.56. The van der Waals surface area contributed by atoms with Crippen molar-refractivity contribution in [3.63, 3.8) is 0 Å². The van der Waals surface area contributed by atoms with Crippen LogP contribution in [0.15, 0.2) is 0 Å². The smallest absolute Gasteiger partial charge is 0.159 e. The maximum absolute atomic E-state index is 5.28. The van der Waals surface area contributed by atoms with Crippen molar-refractivity contribution in [2.75, 3.05) is 19.7 Å². The molecule has 2 nitrogen and oxygen atoms in total. The normalized spacial score (nSPS) is 19.9. The minimum Gasteiger partial charge on any atom is -0.487 e. The zero-order valence-corrected chi connectivity index (χ0v) is 12.7. The van der Waals surface area contributed by atoms with Crippen LogP contribution >= 0.6 is 12.2 Å². The molecule has 0 radical (unpaired) electrons. The van der Waals surface area contributed by atoms with Gasteiger partial charge in [0, 0.05) is 6.42 Å². The lowest BCUT2D eigenvalue weighted by Crippen LogP contribution is -2.43. The van der Waals surface area contributed by atoms with Crippen LogP contribution in [-0.4, -0.2) is 37.5 Å². The highest BCUT2D eigenvalue weighted by Gasteiger charge is 2.33. The molecule has 16 heavy (non-hydrogen) atoms. The molecule has 1 rings (SSSR count). The van der Waals surface area contributed by atoms with Gasteiger partial charge in [-0.3, -0.25) is 0 Å². The summed E-state index contributed by atoms with van der Waals surface area (Å²) in [7, 11) is -0.993. The predicted molar refractivity (Wildman–Crippen MR) is 76.6 cm³/mol. The molecule has 1 aliphatic heterocycles. The molecule has 4 heteroatoms. The molecule has 0 bridgehead atoms. The number of nitrogens with zero attached hydrogens (tertiary/aromatic N) is 1. The van der Waals surface area contributed by atoms with Crippen LogP contribution in [0.1, 0.15) is 32.6 Å². The highest BCUT2D eigenvalue weighted by molar-refractivity contribution is 7.80. The Morgan fingerprint density at radius 1 is 1.38 bits per heavy atom. The van der Waals surface area contributed by atoms with Gasteiger partial charge in [-0.1, -0.05) is 13.1 Å². The Balaban J connectivity index is 2.09. The first-order valence-electron chi connectivity index (χ1n) is 6.47. The van der Waals surface area contributed by atoms with Gasteiger partial charge in [0.2, 0.25) is 0 Å². The van der Waals surface area contributed by atoms with Crippen LogP contribution < -0.4 is 0 Å². The van der Waals surface area contributed by atoms with Gasteiger partial charge in [0.05, 0.1) is 6.61 Å². The van der Waals surface area contributed by atoms with E-state index >= 15 is 0 Å². The lowest BCUT2D eigenvalue weighted by Gasteiger charge is -2.29. The van der Waals surface area contributed by atoms with E-state index in [2.05, 4.69) is 17.7 Å². The van der Waals surface area contributed by atoms with Crippen molar-refractivity contribution in [1.82, 2.24) is 4.57 Å². The van der Waals surface area contributed by atoms with E-state index in [4.69, 9.17) is 17.0 Å². The number of ether oxygens (including phenoxy) is 1. The second-order valence-corrected chi connectivity index (χ2v) is 10.4. The highest BCUT2D eigenvalue weighted by atomic mass is 32.1. The molecule has 0 spiro atoms. The molecule has 94 valence electrons. The molecule has 0 aromatic rings. The summed E-state index contributed by atoms with van der Waals surface area (Å²) >= 11 is 5.12. The number of rotatable bonds is 6. The van der Waals surface area contributed by atoms with Crippen molar-refractivity contribution in [2.24, 2.45) is 0 Å². The minimum atomic E-state index is -0.993. The van der Waals surface area contributed by atoms with Gasteiger partial charge in [-0.15, -0.1) is 0 Å². The van der Waals surface area contributed by atoms with Crippen molar-refractivity contribution in [2.45, 2.75) is 51.7 Å². The Morgan fingerprint density at radius 3 is 2.69 bits per heavy atom. The summed E-state index contributed by atoms with van der Waals surface area (Å²) in [6, 6.07) is 1.48. The fraction of sp³-hybridized carbons (Fsp3) is 0.917. The number of unbranched alkanes of at least 4 members (excludes halogenated alkanes) is 1. The van der Waals surface area contributed by atoms with Crippen molar-refractivity contribution in [3.05, 3.63) is 0 Å². The second kappa shape index (κ2) is 6.72. The third-order valence-electron chi connectivity index (χ3n) is 3.44. The summed E-state index contributed by atoms with van der Waals surface area (Å²) in [5.74, 6) is 0. The standard InChI is InChI=1S/C12H25NOSSi/c1-4-14-12(15)8-5-6-9-13-10-7-11-16(13,2)3/h4-11H2,1-3H3. The Bertz CT molecular complexity index is 233. The van der Waals surface area contributed by atoms with Crippen LogP contribution in [-0.2, 0) is 4.74 Å². The van der Waals surface area contributed by atoms with Gasteiger partial charge in [-0.05, 0) is 57.5 Å². The summed E-state index contributed by atoms with van der Waals surface area (Å²) in [6.45, 7) is 10.3. The zero-order chi connectivity index (χ0) is 12.0. The third-order valence-corrected chi connectivity index (χ3v) is 7.50. The number of thiocarbonyl (C=S) groups is 1. The molecule has 0 saturated carbocycles. The molecule has 0 aromatic carbocycles. The van der Waals surface area contributed by atoms with E-state index in [1.165, 1.54) is 38.4 Å². The predicted octanol–water partition coefficient (Wildman–Crippen LogP) is 3.43. The molecule has 1 heterocycles. The quantitative estimate of drug-likeness (QED) is 0.412. The summed E-state index contributed by atoms with van der Waals surface area (Å²) in [5, 5.41) is 0.792. The molecule has 0 amide bonds. The molecule has 0 atom stereocenters. The maximum atomic E-state index is 5.28. The fourth-order valence-electron chi connectivity index (χ4n) is 2.38. The first-order valence-corrected chi connectivity index (χ1v) is 10.0. The van der Waals surface area contributed by atoms with Gasteiger partial charge in [0.15, 0.2) is 5.05 Å². The molecule has 0 unspecified atom stereocenters. The number of hydrogen-bond donors (Lipinski definition) is 0. The Kier molecular flexibility index (Phi) is 5.93. The second-order valence-electron chi connectivity index (χ2n) is 5.17. The lowest BCUT2D eigenvalue weighted by molar-refractivity contribution is 0.324. The molecule has 1 fully saturated rings. The first kappa shape index (κ1) is 14.1. The zero-order valence-electron chi connectivity index (χ0n) is 10.9. The maximum Gasteiger partial charge on any atom is 0.159 e. The summed E-state index contributed by atoms with van der Waals surface area (Å²) in [4.78, 5) is 0. The van der Waals surface area contributed by atoms with E-state index in [1.54, 1.807) is 0 Å². The molecule has 0 aromatic heterocycles. The largest absolute Gasteiger partial charge is 0.487 e. The van der Waals surface area contributed by atoms with Crippen LogP contribution in [0, 0.1) is 0 Å². The molecular weight excluding hydrogens is 234 g/mol. The van der Waals surface area contributed by atoms with Crippen molar-refractivity contribution in [1.29, 1.82) is 0 Å². The Hall–Kier alpha value is 0.0669. The van der Waals surface area contributed by atoms with E-state index in [-0.39, 0.29) is 0 Å². The lowest BCUT2D eigenvalue weighted by atomic mass is 10.2. The highest BCUT2D eigenvalue weighted by Crippen LogP contribution is 2.25. The van der Waals surface area contributed by atoms with Gasteiger partial charge in [0.25, 0.3) is 0 Å². The van der Waals surface area contributed by atoms with Crippen LogP contribution in [0.4, 0.5) is 0 Å². The van der Waals surface area contributed by atoms with Crippen LogP contribution in [0.25, 0.3) is 0 Å². The average Bonchev–Trinajstić information content (AvgIpc) is 2.53. The molecule has 0 N–H and O–H groups in total. The van der Waals surface area contributed by atoms with E-state index in [1.807, 2.05) is 6.92 Å². The number of hydrogen-bond acceptors (Lipinski definition) is 3. The average molecular weight is 259 g/mol.